The third kappa shape index (κ3) is 2.77. The number of aryl methyl sites for hydroxylation is 1. The monoisotopic (exact) mass is 265 g/mol. The fourth-order valence-corrected chi connectivity index (χ4v) is 2.67. The van der Waals surface area contributed by atoms with Crippen LogP contribution in [-0.2, 0) is 23.2 Å². The van der Waals surface area contributed by atoms with Gasteiger partial charge in [0.05, 0.1) is 18.4 Å². The van der Waals surface area contributed by atoms with Gasteiger partial charge >= 0.3 is 5.97 Å². The number of rotatable bonds is 4. The van der Waals surface area contributed by atoms with Gasteiger partial charge in [-0.3, -0.25) is 9.59 Å². The number of amides is 1. The van der Waals surface area contributed by atoms with E-state index in [1.807, 2.05) is 17.8 Å². The normalized spacial score (nSPS) is 22.4. The number of carboxylic acids is 1. The molecule has 1 N–H and O–H groups in total. The molecule has 2 atom stereocenters. The molecule has 19 heavy (non-hydrogen) atoms. The van der Waals surface area contributed by atoms with E-state index in [0.717, 1.165) is 12.2 Å². The van der Waals surface area contributed by atoms with Crippen molar-refractivity contribution in [3.05, 3.63) is 18.2 Å². The number of carboxylic acid groups (broad SMARTS) is 1. The fraction of sp³-hybridized carbons (Fsp3) is 0.615. The number of carbonyl (C=O) groups is 2. The maximum atomic E-state index is 12.3. The summed E-state index contributed by atoms with van der Waals surface area (Å²) >= 11 is 0. The summed E-state index contributed by atoms with van der Waals surface area (Å²) in [5.74, 6) is -1.08. The SMILES string of the molecule is CN(Cc1nccn1C)C(=O)[C@@H]1CCC[C@@H]1C(=O)O. The summed E-state index contributed by atoms with van der Waals surface area (Å²) in [6.07, 6.45) is 5.58. The molecule has 0 spiro atoms. The molecule has 2 rings (SSSR count). The minimum Gasteiger partial charge on any atom is -0.481 e. The first-order valence-electron chi connectivity index (χ1n) is 6.44. The molecule has 1 aromatic heterocycles. The van der Waals surface area contributed by atoms with Crippen molar-refractivity contribution < 1.29 is 14.7 Å². The zero-order chi connectivity index (χ0) is 14.0. The van der Waals surface area contributed by atoms with Crippen LogP contribution in [0.4, 0.5) is 0 Å². The van der Waals surface area contributed by atoms with Crippen LogP contribution in [0.3, 0.4) is 0 Å². The van der Waals surface area contributed by atoms with Crippen molar-refractivity contribution in [1.82, 2.24) is 14.5 Å². The molecule has 0 unspecified atom stereocenters. The maximum Gasteiger partial charge on any atom is 0.307 e. The molecule has 1 aromatic rings. The first kappa shape index (κ1) is 13.6. The van der Waals surface area contributed by atoms with Gasteiger partial charge in [0.25, 0.3) is 0 Å². The first-order valence-corrected chi connectivity index (χ1v) is 6.44. The third-order valence-corrected chi connectivity index (χ3v) is 3.83. The van der Waals surface area contributed by atoms with Crippen molar-refractivity contribution in [2.24, 2.45) is 18.9 Å². The molecule has 0 radical (unpaired) electrons. The van der Waals surface area contributed by atoms with Gasteiger partial charge in [0.15, 0.2) is 0 Å². The Bertz CT molecular complexity index is 483. The Morgan fingerprint density at radius 2 is 2.16 bits per heavy atom. The van der Waals surface area contributed by atoms with Crippen molar-refractivity contribution in [3.8, 4) is 0 Å². The lowest BCUT2D eigenvalue weighted by Gasteiger charge is -2.23. The van der Waals surface area contributed by atoms with Crippen LogP contribution in [0, 0.1) is 11.8 Å². The number of aromatic nitrogens is 2. The quantitative estimate of drug-likeness (QED) is 0.876. The van der Waals surface area contributed by atoms with E-state index < -0.39 is 11.9 Å². The van der Waals surface area contributed by atoms with E-state index in [2.05, 4.69) is 4.98 Å². The summed E-state index contributed by atoms with van der Waals surface area (Å²) < 4.78 is 1.85. The number of imidazole rings is 1. The molecule has 6 heteroatoms. The van der Waals surface area contributed by atoms with Crippen molar-refractivity contribution in [2.45, 2.75) is 25.8 Å². The van der Waals surface area contributed by atoms with E-state index in [9.17, 15) is 9.59 Å². The van der Waals surface area contributed by atoms with Crippen LogP contribution in [0.5, 0.6) is 0 Å². The Balaban J connectivity index is 2.03. The summed E-state index contributed by atoms with van der Waals surface area (Å²) in [6, 6.07) is 0. The number of hydrogen-bond acceptors (Lipinski definition) is 3. The topological polar surface area (TPSA) is 75.4 Å². The van der Waals surface area contributed by atoms with Crippen LogP contribution >= 0.6 is 0 Å². The van der Waals surface area contributed by atoms with Gasteiger partial charge in [-0.25, -0.2) is 4.98 Å². The van der Waals surface area contributed by atoms with Crippen LogP contribution in [0.15, 0.2) is 12.4 Å². The second-order valence-electron chi connectivity index (χ2n) is 5.13. The van der Waals surface area contributed by atoms with Crippen molar-refractivity contribution in [1.29, 1.82) is 0 Å². The molecule has 6 nitrogen and oxygen atoms in total. The minimum absolute atomic E-state index is 0.0899. The summed E-state index contributed by atoms with van der Waals surface area (Å²) in [7, 11) is 3.57. The van der Waals surface area contributed by atoms with Gasteiger partial charge in [0.2, 0.25) is 5.91 Å². The highest BCUT2D eigenvalue weighted by molar-refractivity contribution is 5.85. The zero-order valence-electron chi connectivity index (χ0n) is 11.2. The summed E-state index contributed by atoms with van der Waals surface area (Å²) in [6.45, 7) is 0.408. The molecule has 1 aliphatic rings. The highest BCUT2D eigenvalue weighted by atomic mass is 16.4. The second kappa shape index (κ2) is 5.42. The van der Waals surface area contributed by atoms with Crippen molar-refractivity contribution in [2.75, 3.05) is 7.05 Å². The number of nitrogens with zero attached hydrogens (tertiary/aromatic N) is 3. The maximum absolute atomic E-state index is 12.3. The van der Waals surface area contributed by atoms with E-state index in [0.29, 0.717) is 19.4 Å². The van der Waals surface area contributed by atoms with Crippen LogP contribution in [0.25, 0.3) is 0 Å². The van der Waals surface area contributed by atoms with E-state index in [1.165, 1.54) is 0 Å². The van der Waals surface area contributed by atoms with Crippen LogP contribution in [0.1, 0.15) is 25.1 Å². The van der Waals surface area contributed by atoms with Gasteiger partial charge in [-0.2, -0.15) is 0 Å². The molecule has 0 bridgehead atoms. The van der Waals surface area contributed by atoms with Gasteiger partial charge in [0, 0.05) is 26.5 Å². The average molecular weight is 265 g/mol. The Labute approximate surface area is 112 Å². The van der Waals surface area contributed by atoms with Gasteiger partial charge < -0.3 is 14.6 Å². The van der Waals surface area contributed by atoms with Gasteiger partial charge in [-0.15, -0.1) is 0 Å². The first-order chi connectivity index (χ1) is 9.00. The van der Waals surface area contributed by atoms with Crippen LogP contribution in [0.2, 0.25) is 0 Å². The molecule has 104 valence electrons. The number of hydrogen-bond donors (Lipinski definition) is 1. The Morgan fingerprint density at radius 3 is 2.74 bits per heavy atom. The lowest BCUT2D eigenvalue weighted by Crippen LogP contribution is -2.36. The molecule has 0 aliphatic heterocycles. The van der Waals surface area contributed by atoms with E-state index in [-0.39, 0.29) is 11.8 Å². The van der Waals surface area contributed by atoms with E-state index >= 15 is 0 Å². The predicted molar refractivity (Wildman–Crippen MR) is 68.1 cm³/mol. The second-order valence-corrected chi connectivity index (χ2v) is 5.13. The van der Waals surface area contributed by atoms with Crippen LogP contribution in [-0.4, -0.2) is 38.5 Å². The van der Waals surface area contributed by atoms with E-state index in [1.54, 1.807) is 18.1 Å². The van der Waals surface area contributed by atoms with Crippen molar-refractivity contribution in [3.63, 3.8) is 0 Å². The summed E-state index contributed by atoms with van der Waals surface area (Å²) in [5.41, 5.74) is 0. The van der Waals surface area contributed by atoms with Gasteiger partial charge in [-0.1, -0.05) is 6.42 Å². The molecular formula is C13H19N3O3. The summed E-state index contributed by atoms with van der Waals surface area (Å²) in [5, 5.41) is 9.13. The third-order valence-electron chi connectivity index (χ3n) is 3.83. The zero-order valence-corrected chi connectivity index (χ0v) is 11.2. The highest BCUT2D eigenvalue weighted by Gasteiger charge is 2.39. The Morgan fingerprint density at radius 1 is 1.47 bits per heavy atom. The molecule has 0 saturated heterocycles. The Hall–Kier alpha value is -1.85. The highest BCUT2D eigenvalue weighted by Crippen LogP contribution is 2.33. The van der Waals surface area contributed by atoms with Crippen LogP contribution < -0.4 is 0 Å². The predicted octanol–water partition coefficient (Wildman–Crippen LogP) is 0.879. The number of carbonyl (C=O) groups excluding carboxylic acids is 1. The standard InChI is InChI=1S/C13H19N3O3/c1-15-7-6-14-11(15)8-16(2)12(17)9-4-3-5-10(9)13(18)19/h6-7,9-10H,3-5,8H2,1-2H3,(H,18,19)/t9-,10+/m1/s1. The molecule has 1 saturated carbocycles. The molecule has 1 heterocycles. The summed E-state index contributed by atoms with van der Waals surface area (Å²) in [4.78, 5) is 29.2. The smallest absolute Gasteiger partial charge is 0.307 e. The molecule has 0 aromatic carbocycles. The molecule has 1 aliphatic carbocycles. The lowest BCUT2D eigenvalue weighted by molar-refractivity contribution is -0.148. The molecule has 1 amide bonds. The van der Waals surface area contributed by atoms with Gasteiger partial charge in [0.1, 0.15) is 5.82 Å². The Kier molecular flexibility index (Phi) is 3.87. The molecular weight excluding hydrogens is 246 g/mol. The van der Waals surface area contributed by atoms with Gasteiger partial charge in [-0.05, 0) is 12.8 Å². The number of aliphatic carboxylic acids is 1. The fourth-order valence-electron chi connectivity index (χ4n) is 2.67. The largest absolute Gasteiger partial charge is 0.481 e. The van der Waals surface area contributed by atoms with E-state index in [4.69, 9.17) is 5.11 Å². The average Bonchev–Trinajstić information content (AvgIpc) is 2.98. The molecule has 1 fully saturated rings. The lowest BCUT2D eigenvalue weighted by atomic mass is 9.95. The minimum atomic E-state index is -0.860. The van der Waals surface area contributed by atoms with Crippen molar-refractivity contribution >= 4 is 11.9 Å².